The number of aromatic nitrogens is 2. The number of ketones is 1. The summed E-state index contributed by atoms with van der Waals surface area (Å²) in [5.41, 5.74) is 4.58. The molecule has 0 radical (unpaired) electrons. The second kappa shape index (κ2) is 9.54. The zero-order valence-electron chi connectivity index (χ0n) is 17.9. The third-order valence-corrected chi connectivity index (χ3v) is 5.50. The normalized spacial score (nSPS) is 10.8. The van der Waals surface area contributed by atoms with Gasteiger partial charge in [-0.05, 0) is 53.8 Å². The van der Waals surface area contributed by atoms with Crippen molar-refractivity contribution in [2.45, 2.75) is 12.8 Å². The minimum absolute atomic E-state index is 0.0924. The van der Waals surface area contributed by atoms with E-state index in [-0.39, 0.29) is 18.0 Å². The second-order valence-electron chi connectivity index (χ2n) is 7.61. The fourth-order valence-electron chi connectivity index (χ4n) is 3.79. The first-order chi connectivity index (χ1) is 16.0. The standard InChI is InChI=1S/C27H22N2O4/c1-2-26(31)21-15-25(29-24-11-12-28-16-23(21)24)20-10-9-19(14-22(20)27(32)33)18-7-5-17(6-8-18)4-3-13-30/h2,5-12,14-16,30H,1,3-4,13H2,(H,32,33). The van der Waals surface area contributed by atoms with Crippen LogP contribution in [0.3, 0.4) is 0 Å². The van der Waals surface area contributed by atoms with Crippen LogP contribution in [0, 0.1) is 0 Å². The molecule has 0 amide bonds. The Morgan fingerprint density at radius 3 is 2.42 bits per heavy atom. The lowest BCUT2D eigenvalue weighted by molar-refractivity contribution is 0.0697. The Hall–Kier alpha value is -4.16. The van der Waals surface area contributed by atoms with Crippen LogP contribution >= 0.6 is 0 Å². The largest absolute Gasteiger partial charge is 0.478 e. The van der Waals surface area contributed by atoms with Gasteiger partial charge >= 0.3 is 5.97 Å². The van der Waals surface area contributed by atoms with Crippen LogP contribution in [0.25, 0.3) is 33.3 Å². The van der Waals surface area contributed by atoms with Crippen LogP contribution in [-0.4, -0.2) is 38.5 Å². The van der Waals surface area contributed by atoms with Gasteiger partial charge in [0.2, 0.25) is 0 Å². The van der Waals surface area contributed by atoms with Crippen molar-refractivity contribution in [2.75, 3.05) is 6.61 Å². The van der Waals surface area contributed by atoms with E-state index in [1.165, 1.54) is 6.08 Å². The van der Waals surface area contributed by atoms with E-state index in [9.17, 15) is 14.7 Å². The topological polar surface area (TPSA) is 100 Å². The monoisotopic (exact) mass is 438 g/mol. The first-order valence-corrected chi connectivity index (χ1v) is 10.5. The number of aliphatic hydroxyl groups excluding tert-OH is 1. The number of carboxylic acids is 1. The fourth-order valence-corrected chi connectivity index (χ4v) is 3.79. The lowest BCUT2D eigenvalue weighted by atomic mass is 9.95. The molecule has 0 bridgehead atoms. The summed E-state index contributed by atoms with van der Waals surface area (Å²) in [5, 5.41) is 19.5. The Bertz CT molecular complexity index is 1360. The molecule has 0 fully saturated rings. The average molecular weight is 438 g/mol. The lowest BCUT2D eigenvalue weighted by Gasteiger charge is -2.12. The Labute approximate surface area is 190 Å². The van der Waals surface area contributed by atoms with Crippen LogP contribution in [-0.2, 0) is 6.42 Å². The van der Waals surface area contributed by atoms with E-state index >= 15 is 0 Å². The molecule has 0 saturated heterocycles. The highest BCUT2D eigenvalue weighted by molar-refractivity contribution is 6.13. The van der Waals surface area contributed by atoms with Gasteiger partial charge in [-0.15, -0.1) is 0 Å². The van der Waals surface area contributed by atoms with Crippen molar-refractivity contribution in [1.29, 1.82) is 0 Å². The zero-order valence-corrected chi connectivity index (χ0v) is 17.9. The molecular weight excluding hydrogens is 416 g/mol. The zero-order chi connectivity index (χ0) is 23.4. The average Bonchev–Trinajstić information content (AvgIpc) is 2.86. The van der Waals surface area contributed by atoms with Gasteiger partial charge in [0.05, 0.1) is 16.8 Å². The summed E-state index contributed by atoms with van der Waals surface area (Å²) in [4.78, 5) is 33.3. The van der Waals surface area contributed by atoms with Crippen LogP contribution in [0.5, 0.6) is 0 Å². The SMILES string of the molecule is C=CC(=O)c1cc(-c2ccc(-c3ccc(CCCO)cc3)cc2C(=O)O)nc2ccncc12. The highest BCUT2D eigenvalue weighted by Crippen LogP contribution is 2.31. The summed E-state index contributed by atoms with van der Waals surface area (Å²) in [6, 6.07) is 16.3. The maximum absolute atomic E-state index is 12.5. The third-order valence-electron chi connectivity index (χ3n) is 5.50. The molecule has 4 rings (SSSR count). The Kier molecular flexibility index (Phi) is 6.38. The highest BCUT2D eigenvalue weighted by Gasteiger charge is 2.18. The van der Waals surface area contributed by atoms with Crippen molar-refractivity contribution in [3.05, 3.63) is 96.3 Å². The summed E-state index contributed by atoms with van der Waals surface area (Å²) in [7, 11) is 0. The van der Waals surface area contributed by atoms with E-state index in [0.29, 0.717) is 34.1 Å². The maximum atomic E-state index is 12.5. The number of hydrogen-bond acceptors (Lipinski definition) is 5. The number of aryl methyl sites for hydroxylation is 1. The summed E-state index contributed by atoms with van der Waals surface area (Å²) in [6.45, 7) is 3.71. The number of fused-ring (bicyclic) bond motifs is 1. The number of benzene rings is 2. The van der Waals surface area contributed by atoms with E-state index in [1.54, 1.807) is 36.7 Å². The molecule has 2 aromatic heterocycles. The predicted molar refractivity (Wildman–Crippen MR) is 127 cm³/mol. The Balaban J connectivity index is 1.81. The minimum atomic E-state index is -1.08. The molecule has 0 unspecified atom stereocenters. The number of carbonyl (C=O) groups excluding carboxylic acids is 1. The van der Waals surface area contributed by atoms with Crippen LogP contribution in [0.15, 0.2) is 79.6 Å². The van der Waals surface area contributed by atoms with Gasteiger partial charge in [-0.3, -0.25) is 9.78 Å². The van der Waals surface area contributed by atoms with Crippen molar-refractivity contribution in [1.82, 2.24) is 9.97 Å². The Morgan fingerprint density at radius 1 is 0.970 bits per heavy atom. The number of hydrogen-bond donors (Lipinski definition) is 2. The number of pyridine rings is 2. The first kappa shape index (κ1) is 22.0. The third kappa shape index (κ3) is 4.56. The quantitative estimate of drug-likeness (QED) is 0.298. The maximum Gasteiger partial charge on any atom is 0.336 e. The molecule has 164 valence electrons. The van der Waals surface area contributed by atoms with Gasteiger partial charge in [0, 0.05) is 35.5 Å². The van der Waals surface area contributed by atoms with Gasteiger partial charge in [-0.25, -0.2) is 9.78 Å². The van der Waals surface area contributed by atoms with Crippen molar-refractivity contribution in [3.8, 4) is 22.4 Å². The molecular formula is C27H22N2O4. The van der Waals surface area contributed by atoms with Crippen LogP contribution < -0.4 is 0 Å². The van der Waals surface area contributed by atoms with Crippen molar-refractivity contribution in [3.63, 3.8) is 0 Å². The van der Waals surface area contributed by atoms with Gasteiger partial charge in [0.25, 0.3) is 0 Å². The van der Waals surface area contributed by atoms with Gasteiger partial charge in [0.15, 0.2) is 5.78 Å². The molecule has 6 heteroatoms. The molecule has 0 spiro atoms. The van der Waals surface area contributed by atoms with E-state index in [0.717, 1.165) is 23.1 Å². The molecule has 0 atom stereocenters. The van der Waals surface area contributed by atoms with Crippen molar-refractivity contribution >= 4 is 22.7 Å². The molecule has 0 saturated carbocycles. The lowest BCUT2D eigenvalue weighted by Crippen LogP contribution is -2.04. The smallest absolute Gasteiger partial charge is 0.336 e. The van der Waals surface area contributed by atoms with Crippen molar-refractivity contribution in [2.24, 2.45) is 0 Å². The molecule has 2 heterocycles. The number of nitrogens with zero attached hydrogens (tertiary/aromatic N) is 2. The number of carbonyl (C=O) groups is 2. The summed E-state index contributed by atoms with van der Waals surface area (Å²) in [6.07, 6.45) is 5.84. The van der Waals surface area contributed by atoms with Crippen LogP contribution in [0.1, 0.15) is 32.7 Å². The number of allylic oxidation sites excluding steroid dienone is 1. The highest BCUT2D eigenvalue weighted by atomic mass is 16.4. The first-order valence-electron chi connectivity index (χ1n) is 10.5. The van der Waals surface area contributed by atoms with Gasteiger partial charge in [0.1, 0.15) is 0 Å². The Morgan fingerprint density at radius 2 is 1.73 bits per heavy atom. The summed E-state index contributed by atoms with van der Waals surface area (Å²) < 4.78 is 0. The molecule has 2 aromatic carbocycles. The van der Waals surface area contributed by atoms with E-state index < -0.39 is 5.97 Å². The number of rotatable bonds is 8. The fraction of sp³-hybridized carbons (Fsp3) is 0.111. The number of aromatic carboxylic acids is 1. The van der Waals surface area contributed by atoms with Gasteiger partial charge < -0.3 is 10.2 Å². The summed E-state index contributed by atoms with van der Waals surface area (Å²) >= 11 is 0. The molecule has 0 aliphatic heterocycles. The predicted octanol–water partition coefficient (Wildman–Crippen LogP) is 4.96. The van der Waals surface area contributed by atoms with Crippen LogP contribution in [0.4, 0.5) is 0 Å². The van der Waals surface area contributed by atoms with Crippen LogP contribution in [0.2, 0.25) is 0 Å². The molecule has 2 N–H and O–H groups in total. The number of carboxylic acid groups (broad SMARTS) is 1. The summed E-state index contributed by atoms with van der Waals surface area (Å²) in [5.74, 6) is -1.37. The van der Waals surface area contributed by atoms with Gasteiger partial charge in [-0.1, -0.05) is 43.0 Å². The van der Waals surface area contributed by atoms with E-state index in [1.807, 2.05) is 30.3 Å². The number of aliphatic hydroxyl groups is 1. The van der Waals surface area contributed by atoms with Crippen molar-refractivity contribution < 1.29 is 19.8 Å². The second-order valence-corrected chi connectivity index (χ2v) is 7.61. The molecule has 0 aliphatic carbocycles. The molecule has 4 aromatic rings. The molecule has 0 aliphatic rings. The van der Waals surface area contributed by atoms with E-state index in [4.69, 9.17) is 5.11 Å². The minimum Gasteiger partial charge on any atom is -0.478 e. The van der Waals surface area contributed by atoms with Gasteiger partial charge in [-0.2, -0.15) is 0 Å². The molecule has 33 heavy (non-hydrogen) atoms. The van der Waals surface area contributed by atoms with E-state index in [2.05, 4.69) is 16.5 Å². The molecule has 6 nitrogen and oxygen atoms in total.